The molecule has 1 aromatic heterocycles. The van der Waals surface area contributed by atoms with Crippen LogP contribution in [0.4, 0.5) is 0 Å². The van der Waals surface area contributed by atoms with E-state index in [2.05, 4.69) is 11.6 Å². The van der Waals surface area contributed by atoms with Gasteiger partial charge in [0.1, 0.15) is 4.21 Å². The molecule has 0 radical (unpaired) electrons. The predicted molar refractivity (Wildman–Crippen MR) is 172 cm³/mol. The van der Waals surface area contributed by atoms with Crippen molar-refractivity contribution in [2.45, 2.75) is 127 Å². The van der Waals surface area contributed by atoms with Gasteiger partial charge in [0.2, 0.25) is 10.0 Å². The van der Waals surface area contributed by atoms with Gasteiger partial charge in [-0.2, -0.15) is 0 Å². The minimum atomic E-state index is -3.30. The zero-order valence-electron chi connectivity index (χ0n) is 26.1. The van der Waals surface area contributed by atoms with Crippen LogP contribution in [0.5, 0.6) is 0 Å². The van der Waals surface area contributed by atoms with E-state index >= 15 is 0 Å². The van der Waals surface area contributed by atoms with Crippen LogP contribution in [-0.4, -0.2) is 67.8 Å². The summed E-state index contributed by atoms with van der Waals surface area (Å²) in [6.45, 7) is 8.25. The number of unbranched alkanes of at least 4 members (excludes halogenated alkanes) is 16. The fourth-order valence-electron chi connectivity index (χ4n) is 4.54. The molecule has 0 aliphatic heterocycles. The molecule has 7 nitrogen and oxygen atoms in total. The van der Waals surface area contributed by atoms with Crippen LogP contribution in [0, 0.1) is 0 Å². The molecule has 1 heterocycles. The molecule has 41 heavy (non-hydrogen) atoms. The van der Waals surface area contributed by atoms with Crippen molar-refractivity contribution in [3.8, 4) is 0 Å². The maximum absolute atomic E-state index is 12.0. The van der Waals surface area contributed by atoms with E-state index in [1.807, 2.05) is 0 Å². The van der Waals surface area contributed by atoms with Gasteiger partial charge in [0.05, 0.1) is 39.6 Å². The Kier molecular flexibility index (Phi) is 27.7. The van der Waals surface area contributed by atoms with Gasteiger partial charge in [-0.15, -0.1) is 11.3 Å². The van der Waals surface area contributed by atoms with Gasteiger partial charge in [-0.05, 0) is 30.7 Å². The summed E-state index contributed by atoms with van der Waals surface area (Å²) in [6.07, 6.45) is 22.5. The third kappa shape index (κ3) is 25.6. The van der Waals surface area contributed by atoms with Crippen LogP contribution < -0.4 is 4.72 Å². The Morgan fingerprint density at radius 2 is 0.951 bits per heavy atom. The standard InChI is InChI=1S/C32H61NO6S2/c1-2-3-4-5-6-12-15-18-23-36-25-27-38-29-30-39-28-26-37-24-19-16-13-10-8-7-9-11-14-17-22-33-41(34,35)32-21-20-31-40-32/h20-21,31,33H,2-19,22-30H2,1H3. The van der Waals surface area contributed by atoms with Crippen molar-refractivity contribution < 1.29 is 27.4 Å². The Hall–Kier alpha value is -0.550. The molecule has 0 saturated carbocycles. The summed E-state index contributed by atoms with van der Waals surface area (Å²) >= 11 is 1.26. The monoisotopic (exact) mass is 619 g/mol. The number of ether oxygens (including phenoxy) is 4. The first-order valence-corrected chi connectivity index (χ1v) is 18.9. The first-order chi connectivity index (χ1) is 20.2. The van der Waals surface area contributed by atoms with Gasteiger partial charge < -0.3 is 18.9 Å². The van der Waals surface area contributed by atoms with E-state index in [1.165, 1.54) is 101 Å². The molecule has 0 bridgehead atoms. The Labute approximate surface area is 256 Å². The van der Waals surface area contributed by atoms with Crippen molar-refractivity contribution in [3.05, 3.63) is 17.5 Å². The molecule has 0 atom stereocenters. The predicted octanol–water partition coefficient (Wildman–Crippen LogP) is 8.13. The summed E-state index contributed by atoms with van der Waals surface area (Å²) < 4.78 is 49.6. The fraction of sp³-hybridized carbons (Fsp3) is 0.875. The summed E-state index contributed by atoms with van der Waals surface area (Å²) in [4.78, 5) is 0. The molecular weight excluding hydrogens is 558 g/mol. The zero-order valence-corrected chi connectivity index (χ0v) is 27.7. The molecule has 1 rings (SSSR count). The molecule has 242 valence electrons. The third-order valence-corrected chi connectivity index (χ3v) is 9.88. The lowest BCUT2D eigenvalue weighted by Crippen LogP contribution is -2.23. The van der Waals surface area contributed by atoms with Gasteiger partial charge in [0, 0.05) is 19.8 Å². The van der Waals surface area contributed by atoms with Crippen molar-refractivity contribution in [3.63, 3.8) is 0 Å². The Bertz CT molecular complexity index is 745. The van der Waals surface area contributed by atoms with E-state index in [1.54, 1.807) is 17.5 Å². The molecule has 0 amide bonds. The molecule has 1 N–H and O–H groups in total. The Morgan fingerprint density at radius 3 is 1.37 bits per heavy atom. The van der Waals surface area contributed by atoms with Crippen LogP contribution in [0.3, 0.4) is 0 Å². The first-order valence-electron chi connectivity index (χ1n) is 16.5. The Balaban J connectivity index is 1.66. The first kappa shape index (κ1) is 38.5. The normalized spacial score (nSPS) is 11.9. The maximum atomic E-state index is 12.0. The lowest BCUT2D eigenvalue weighted by Gasteiger charge is -2.08. The number of hydrogen-bond donors (Lipinski definition) is 1. The molecule has 0 aromatic carbocycles. The second-order valence-corrected chi connectivity index (χ2v) is 13.7. The molecule has 0 saturated heterocycles. The van der Waals surface area contributed by atoms with Gasteiger partial charge in [0.25, 0.3) is 0 Å². The lowest BCUT2D eigenvalue weighted by atomic mass is 10.1. The van der Waals surface area contributed by atoms with Gasteiger partial charge >= 0.3 is 0 Å². The maximum Gasteiger partial charge on any atom is 0.250 e. The molecule has 0 aliphatic rings. The van der Waals surface area contributed by atoms with E-state index < -0.39 is 10.0 Å². The van der Waals surface area contributed by atoms with E-state index in [-0.39, 0.29) is 0 Å². The number of sulfonamides is 1. The zero-order chi connectivity index (χ0) is 29.5. The van der Waals surface area contributed by atoms with Crippen molar-refractivity contribution >= 4 is 21.4 Å². The average Bonchev–Trinajstić information content (AvgIpc) is 3.52. The van der Waals surface area contributed by atoms with E-state index in [4.69, 9.17) is 18.9 Å². The van der Waals surface area contributed by atoms with Crippen molar-refractivity contribution in [2.75, 3.05) is 59.4 Å². The van der Waals surface area contributed by atoms with Crippen molar-refractivity contribution in [2.24, 2.45) is 0 Å². The molecule has 1 aromatic rings. The van der Waals surface area contributed by atoms with Crippen LogP contribution >= 0.6 is 11.3 Å². The van der Waals surface area contributed by atoms with Gasteiger partial charge in [-0.1, -0.05) is 109 Å². The highest BCUT2D eigenvalue weighted by atomic mass is 32.2. The fourth-order valence-corrected chi connectivity index (χ4v) is 6.65. The smallest absolute Gasteiger partial charge is 0.250 e. The second-order valence-electron chi connectivity index (χ2n) is 10.8. The second kappa shape index (κ2) is 29.5. The van der Waals surface area contributed by atoms with Crippen molar-refractivity contribution in [1.29, 1.82) is 0 Å². The van der Waals surface area contributed by atoms with Crippen molar-refractivity contribution in [1.82, 2.24) is 4.72 Å². The quantitative estimate of drug-likeness (QED) is 0.0800. The highest BCUT2D eigenvalue weighted by Crippen LogP contribution is 2.15. The summed E-state index contributed by atoms with van der Waals surface area (Å²) in [5.74, 6) is 0. The van der Waals surface area contributed by atoms with Crippen LogP contribution in [-0.2, 0) is 29.0 Å². The van der Waals surface area contributed by atoms with E-state index in [9.17, 15) is 8.42 Å². The third-order valence-electron chi connectivity index (χ3n) is 7.03. The van der Waals surface area contributed by atoms with Gasteiger partial charge in [-0.3, -0.25) is 0 Å². The average molecular weight is 620 g/mol. The van der Waals surface area contributed by atoms with Gasteiger partial charge in [-0.25, -0.2) is 13.1 Å². The molecule has 0 unspecified atom stereocenters. The Morgan fingerprint density at radius 1 is 0.561 bits per heavy atom. The number of nitrogens with one attached hydrogen (secondary N) is 1. The topological polar surface area (TPSA) is 83.1 Å². The van der Waals surface area contributed by atoms with Crippen LogP contribution in [0.2, 0.25) is 0 Å². The molecular formula is C32H61NO6S2. The minimum Gasteiger partial charge on any atom is -0.379 e. The highest BCUT2D eigenvalue weighted by Gasteiger charge is 2.13. The number of hydrogen-bond acceptors (Lipinski definition) is 7. The van der Waals surface area contributed by atoms with E-state index in [0.717, 1.165) is 38.9 Å². The van der Waals surface area contributed by atoms with E-state index in [0.29, 0.717) is 50.4 Å². The summed E-state index contributed by atoms with van der Waals surface area (Å²) in [5.41, 5.74) is 0. The summed E-state index contributed by atoms with van der Waals surface area (Å²) in [5, 5.41) is 1.79. The molecule has 0 aliphatic carbocycles. The lowest BCUT2D eigenvalue weighted by molar-refractivity contribution is -0.00248. The van der Waals surface area contributed by atoms with Crippen LogP contribution in [0.15, 0.2) is 21.7 Å². The molecule has 0 fully saturated rings. The highest BCUT2D eigenvalue weighted by molar-refractivity contribution is 7.91. The SMILES string of the molecule is CCCCCCCCCCOCCOCCOCCOCCCCCCCCCCCCNS(=O)(=O)c1cccs1. The molecule has 9 heteroatoms. The minimum absolute atomic E-state index is 0.399. The van der Waals surface area contributed by atoms with Crippen LogP contribution in [0.1, 0.15) is 122 Å². The van der Waals surface area contributed by atoms with Gasteiger partial charge in [0.15, 0.2) is 0 Å². The number of thiophene rings is 1. The van der Waals surface area contributed by atoms with Crippen LogP contribution in [0.25, 0.3) is 0 Å². The molecule has 0 spiro atoms. The largest absolute Gasteiger partial charge is 0.379 e. The summed E-state index contributed by atoms with van der Waals surface area (Å²) in [7, 11) is -3.30. The summed E-state index contributed by atoms with van der Waals surface area (Å²) in [6, 6.07) is 3.41. The number of rotatable bonds is 33.